The number of hydrogen-bond donors (Lipinski definition) is 2. The van der Waals surface area contributed by atoms with E-state index in [1.165, 1.54) is 5.01 Å². The van der Waals surface area contributed by atoms with Crippen LogP contribution in [-0.4, -0.2) is 36.1 Å². The van der Waals surface area contributed by atoms with E-state index in [1.807, 2.05) is 0 Å². The molecule has 4 nitrogen and oxygen atoms in total. The molecule has 8 heavy (non-hydrogen) atoms. The number of aliphatic hydroxyl groups is 1. The lowest BCUT2D eigenvalue weighted by atomic mass is 10.4. The Hall–Kier alpha value is -0.450. The molecule has 4 heteroatoms. The van der Waals surface area contributed by atoms with Crippen LogP contribution in [0.1, 0.15) is 0 Å². The number of ketones is 1. The number of carbonyl (C=O) groups is 1. The van der Waals surface area contributed by atoms with Gasteiger partial charge in [0.1, 0.15) is 6.61 Å². The average molecular weight is 118 g/mol. The molecule has 0 spiro atoms. The van der Waals surface area contributed by atoms with E-state index < -0.39 is 6.61 Å². The van der Waals surface area contributed by atoms with Crippen LogP contribution in [0.4, 0.5) is 0 Å². The minimum absolute atomic E-state index is 0.108. The van der Waals surface area contributed by atoms with Crippen molar-refractivity contribution >= 4 is 5.78 Å². The number of aliphatic hydroxyl groups excluding tert-OH is 1. The summed E-state index contributed by atoms with van der Waals surface area (Å²) in [6.07, 6.45) is 0. The van der Waals surface area contributed by atoms with Crippen LogP contribution in [-0.2, 0) is 4.79 Å². The second kappa shape index (κ2) is 3.54. The van der Waals surface area contributed by atoms with Crippen LogP contribution in [0.2, 0.25) is 0 Å². The summed E-state index contributed by atoms with van der Waals surface area (Å²) in [7, 11) is 1.56. The van der Waals surface area contributed by atoms with Gasteiger partial charge in [-0.2, -0.15) is 0 Å². The maximum atomic E-state index is 10.3. The zero-order valence-electron chi connectivity index (χ0n) is 4.79. The van der Waals surface area contributed by atoms with E-state index in [1.54, 1.807) is 7.05 Å². The third-order valence-corrected chi connectivity index (χ3v) is 0.602. The van der Waals surface area contributed by atoms with Gasteiger partial charge in [-0.25, -0.2) is 5.01 Å². The number of rotatable bonds is 3. The third kappa shape index (κ3) is 3.73. The SMILES string of the molecule is CN(N)CC(=O)CO. The summed E-state index contributed by atoms with van der Waals surface area (Å²) in [6.45, 7) is -0.321. The van der Waals surface area contributed by atoms with Crippen molar-refractivity contribution in [1.82, 2.24) is 5.01 Å². The van der Waals surface area contributed by atoms with Gasteiger partial charge in [0, 0.05) is 7.05 Å². The predicted molar refractivity (Wildman–Crippen MR) is 28.9 cm³/mol. The second-order valence-corrected chi connectivity index (χ2v) is 1.61. The minimum atomic E-state index is -0.429. The number of likely N-dealkylation sites (N-methyl/N-ethyl adjacent to an activating group) is 1. The molecule has 0 aliphatic carbocycles. The Morgan fingerprint density at radius 1 is 1.88 bits per heavy atom. The average Bonchev–Trinajstić information content (AvgIpc) is 1.65. The van der Waals surface area contributed by atoms with E-state index in [4.69, 9.17) is 10.9 Å². The number of nitrogens with two attached hydrogens (primary N) is 1. The molecule has 3 N–H and O–H groups in total. The maximum absolute atomic E-state index is 10.3. The van der Waals surface area contributed by atoms with Crippen molar-refractivity contribution < 1.29 is 9.90 Å². The van der Waals surface area contributed by atoms with E-state index >= 15 is 0 Å². The van der Waals surface area contributed by atoms with Gasteiger partial charge in [0.2, 0.25) is 0 Å². The Morgan fingerprint density at radius 3 is 2.50 bits per heavy atom. The zero-order valence-corrected chi connectivity index (χ0v) is 4.79. The van der Waals surface area contributed by atoms with Crippen LogP contribution < -0.4 is 5.84 Å². The van der Waals surface area contributed by atoms with Crippen LogP contribution in [0.3, 0.4) is 0 Å². The molecular formula is C4H10N2O2. The van der Waals surface area contributed by atoms with Crippen LogP contribution in [0.15, 0.2) is 0 Å². The number of nitrogens with zero attached hydrogens (tertiary/aromatic N) is 1. The quantitative estimate of drug-likeness (QED) is 0.344. The van der Waals surface area contributed by atoms with Gasteiger partial charge in [0.15, 0.2) is 5.78 Å². The van der Waals surface area contributed by atoms with Crippen molar-refractivity contribution in [3.05, 3.63) is 0 Å². The van der Waals surface area contributed by atoms with Crippen molar-refractivity contribution in [3.63, 3.8) is 0 Å². The Morgan fingerprint density at radius 2 is 2.38 bits per heavy atom. The Kier molecular flexibility index (Phi) is 3.34. The highest BCUT2D eigenvalue weighted by Gasteiger charge is 1.98. The molecule has 0 heterocycles. The Balaban J connectivity index is 3.25. The highest BCUT2D eigenvalue weighted by molar-refractivity contribution is 5.81. The highest BCUT2D eigenvalue weighted by Crippen LogP contribution is 1.70. The van der Waals surface area contributed by atoms with Crippen LogP contribution in [0.5, 0.6) is 0 Å². The first kappa shape index (κ1) is 7.55. The lowest BCUT2D eigenvalue weighted by Gasteiger charge is -2.04. The summed E-state index contributed by atoms with van der Waals surface area (Å²) in [4.78, 5) is 10.3. The van der Waals surface area contributed by atoms with Crippen molar-refractivity contribution in [1.29, 1.82) is 0 Å². The van der Waals surface area contributed by atoms with Gasteiger partial charge in [-0.15, -0.1) is 0 Å². The first-order valence-corrected chi connectivity index (χ1v) is 2.25. The van der Waals surface area contributed by atoms with E-state index in [0.29, 0.717) is 0 Å². The normalized spacial score (nSPS) is 10.0. The van der Waals surface area contributed by atoms with Gasteiger partial charge in [0.05, 0.1) is 6.54 Å². The van der Waals surface area contributed by atoms with E-state index in [0.717, 1.165) is 0 Å². The molecule has 0 aliphatic heterocycles. The molecule has 0 radical (unpaired) electrons. The molecule has 0 aromatic carbocycles. The topological polar surface area (TPSA) is 66.6 Å². The lowest BCUT2D eigenvalue weighted by Crippen LogP contribution is -2.33. The lowest BCUT2D eigenvalue weighted by molar-refractivity contribution is -0.122. The molecular weight excluding hydrogens is 108 g/mol. The van der Waals surface area contributed by atoms with Gasteiger partial charge in [-0.3, -0.25) is 10.6 Å². The Bertz CT molecular complexity index is 82.1. The van der Waals surface area contributed by atoms with Crippen molar-refractivity contribution in [3.8, 4) is 0 Å². The second-order valence-electron chi connectivity index (χ2n) is 1.61. The Labute approximate surface area is 47.9 Å². The number of hydrogen-bond acceptors (Lipinski definition) is 4. The minimum Gasteiger partial charge on any atom is -0.389 e. The molecule has 0 bridgehead atoms. The monoisotopic (exact) mass is 118 g/mol. The van der Waals surface area contributed by atoms with E-state index in [-0.39, 0.29) is 12.3 Å². The summed E-state index contributed by atoms with van der Waals surface area (Å²) in [5, 5.41) is 9.37. The largest absolute Gasteiger partial charge is 0.389 e. The summed E-state index contributed by atoms with van der Waals surface area (Å²) < 4.78 is 0. The summed E-state index contributed by atoms with van der Waals surface area (Å²) >= 11 is 0. The standard InChI is InChI=1S/C4H10N2O2/c1-6(5)2-4(8)3-7/h7H,2-3,5H2,1H3. The number of carbonyl (C=O) groups excluding carboxylic acids is 1. The molecule has 0 amide bonds. The smallest absolute Gasteiger partial charge is 0.173 e. The molecule has 0 aromatic rings. The van der Waals surface area contributed by atoms with Crippen molar-refractivity contribution in [2.75, 3.05) is 20.2 Å². The van der Waals surface area contributed by atoms with Gasteiger partial charge >= 0.3 is 0 Å². The molecule has 0 unspecified atom stereocenters. The molecule has 0 saturated heterocycles. The fraction of sp³-hybridized carbons (Fsp3) is 0.750. The van der Waals surface area contributed by atoms with Gasteiger partial charge in [-0.05, 0) is 0 Å². The molecule has 0 atom stereocenters. The highest BCUT2D eigenvalue weighted by atomic mass is 16.3. The number of Topliss-reactive ketones (excluding diaryl/α,β-unsaturated/α-hetero) is 1. The van der Waals surface area contributed by atoms with E-state index in [9.17, 15) is 4.79 Å². The van der Waals surface area contributed by atoms with Crippen molar-refractivity contribution in [2.45, 2.75) is 0 Å². The molecule has 0 aliphatic rings. The van der Waals surface area contributed by atoms with E-state index in [2.05, 4.69) is 0 Å². The molecule has 48 valence electrons. The van der Waals surface area contributed by atoms with Gasteiger partial charge < -0.3 is 5.11 Å². The fourth-order valence-electron chi connectivity index (χ4n) is 0.328. The molecule has 0 aromatic heterocycles. The summed E-state index contributed by atoms with van der Waals surface area (Å²) in [6, 6.07) is 0. The third-order valence-electron chi connectivity index (χ3n) is 0.602. The van der Waals surface area contributed by atoms with Crippen LogP contribution in [0.25, 0.3) is 0 Å². The van der Waals surface area contributed by atoms with Gasteiger partial charge in [0.25, 0.3) is 0 Å². The predicted octanol–water partition coefficient (Wildman–Crippen LogP) is -1.65. The van der Waals surface area contributed by atoms with Crippen LogP contribution in [0, 0.1) is 0 Å². The van der Waals surface area contributed by atoms with Crippen LogP contribution >= 0.6 is 0 Å². The fourth-order valence-corrected chi connectivity index (χ4v) is 0.328. The number of hydrazine groups is 1. The first-order valence-electron chi connectivity index (χ1n) is 2.25. The molecule has 0 rings (SSSR count). The van der Waals surface area contributed by atoms with Gasteiger partial charge in [-0.1, -0.05) is 0 Å². The molecule has 0 fully saturated rings. The summed E-state index contributed by atoms with van der Waals surface area (Å²) in [5.74, 6) is 4.80. The first-order chi connectivity index (χ1) is 3.66. The molecule has 0 saturated carbocycles. The van der Waals surface area contributed by atoms with Crippen molar-refractivity contribution in [2.24, 2.45) is 5.84 Å². The zero-order chi connectivity index (χ0) is 6.57. The summed E-state index contributed by atoms with van der Waals surface area (Å²) in [5.41, 5.74) is 0. The maximum Gasteiger partial charge on any atom is 0.173 e.